The second kappa shape index (κ2) is 6.58. The van der Waals surface area contributed by atoms with E-state index >= 15 is 0 Å². The quantitative estimate of drug-likeness (QED) is 0.819. The smallest absolute Gasteiger partial charge is 0.126 e. The summed E-state index contributed by atoms with van der Waals surface area (Å²) in [5.74, 6) is 0.931. The van der Waals surface area contributed by atoms with Gasteiger partial charge >= 0.3 is 0 Å². The van der Waals surface area contributed by atoms with Crippen LogP contribution in [0.2, 0.25) is 0 Å². The Kier molecular flexibility index (Phi) is 4.80. The van der Waals surface area contributed by atoms with Crippen molar-refractivity contribution in [2.45, 2.75) is 13.3 Å². The van der Waals surface area contributed by atoms with Gasteiger partial charge in [0.15, 0.2) is 0 Å². The van der Waals surface area contributed by atoms with E-state index in [9.17, 15) is 0 Å². The molecule has 0 aliphatic rings. The van der Waals surface area contributed by atoms with Crippen molar-refractivity contribution in [3.63, 3.8) is 0 Å². The van der Waals surface area contributed by atoms with Gasteiger partial charge in [-0.2, -0.15) is 0 Å². The second-order valence-electron chi connectivity index (χ2n) is 5.40. The molecule has 0 heterocycles. The van der Waals surface area contributed by atoms with Gasteiger partial charge in [-0.25, -0.2) is 0 Å². The van der Waals surface area contributed by atoms with Crippen LogP contribution in [0.4, 0.5) is 0 Å². The van der Waals surface area contributed by atoms with Crippen LogP contribution in [-0.2, 0) is 6.42 Å². The van der Waals surface area contributed by atoms with Crippen molar-refractivity contribution in [2.75, 3.05) is 27.7 Å². The molecule has 0 aliphatic carbocycles. The standard InChI is InChI=1S/C18H23NO/c1-14-9-10-15(11-12-19(2)3)13-17(14)16-7-5-6-8-18(16)20-4/h5-10,13H,11-12H2,1-4H3. The maximum atomic E-state index is 5.48. The van der Waals surface area contributed by atoms with Gasteiger partial charge in [0.05, 0.1) is 7.11 Å². The SMILES string of the molecule is COc1ccccc1-c1cc(CCN(C)C)ccc1C. The van der Waals surface area contributed by atoms with Gasteiger partial charge in [-0.3, -0.25) is 0 Å². The molecular weight excluding hydrogens is 246 g/mol. The highest BCUT2D eigenvalue weighted by atomic mass is 16.5. The molecule has 0 amide bonds. The zero-order chi connectivity index (χ0) is 14.5. The summed E-state index contributed by atoms with van der Waals surface area (Å²) in [6.07, 6.45) is 1.06. The molecule has 0 saturated heterocycles. The summed E-state index contributed by atoms with van der Waals surface area (Å²) < 4.78 is 5.48. The van der Waals surface area contributed by atoms with Crippen molar-refractivity contribution >= 4 is 0 Å². The van der Waals surface area contributed by atoms with Crippen molar-refractivity contribution in [3.05, 3.63) is 53.6 Å². The first-order valence-corrected chi connectivity index (χ1v) is 6.99. The number of hydrogen-bond donors (Lipinski definition) is 0. The van der Waals surface area contributed by atoms with E-state index in [0.29, 0.717) is 0 Å². The van der Waals surface area contributed by atoms with Crippen molar-refractivity contribution in [3.8, 4) is 16.9 Å². The molecule has 0 aromatic heterocycles. The number of hydrogen-bond acceptors (Lipinski definition) is 2. The van der Waals surface area contributed by atoms with Crippen LogP contribution >= 0.6 is 0 Å². The Morgan fingerprint density at radius 1 is 1.00 bits per heavy atom. The highest BCUT2D eigenvalue weighted by Gasteiger charge is 2.08. The van der Waals surface area contributed by atoms with E-state index in [-0.39, 0.29) is 0 Å². The first kappa shape index (κ1) is 14.6. The van der Waals surface area contributed by atoms with Crippen molar-refractivity contribution in [1.29, 1.82) is 0 Å². The third-order valence-corrected chi connectivity index (χ3v) is 3.55. The van der Waals surface area contributed by atoms with Crippen LogP contribution in [0.5, 0.6) is 5.75 Å². The molecule has 2 aromatic rings. The van der Waals surface area contributed by atoms with Gasteiger partial charge in [-0.15, -0.1) is 0 Å². The molecule has 2 nitrogen and oxygen atoms in total. The van der Waals surface area contributed by atoms with Gasteiger partial charge < -0.3 is 9.64 Å². The number of rotatable bonds is 5. The maximum absolute atomic E-state index is 5.48. The predicted octanol–water partition coefficient (Wildman–Crippen LogP) is 3.77. The van der Waals surface area contributed by atoms with Gasteiger partial charge in [0.1, 0.15) is 5.75 Å². The summed E-state index contributed by atoms with van der Waals surface area (Å²) in [6, 6.07) is 14.9. The van der Waals surface area contributed by atoms with E-state index in [2.05, 4.69) is 56.3 Å². The molecule has 0 aliphatic heterocycles. The molecule has 0 saturated carbocycles. The number of methoxy groups -OCH3 is 1. The molecule has 0 bridgehead atoms. The summed E-state index contributed by atoms with van der Waals surface area (Å²) in [4.78, 5) is 2.21. The molecular formula is C18H23NO. The number of ether oxygens (including phenoxy) is 1. The fourth-order valence-electron chi connectivity index (χ4n) is 2.33. The highest BCUT2D eigenvalue weighted by molar-refractivity contribution is 5.73. The van der Waals surface area contributed by atoms with Gasteiger partial charge in [0, 0.05) is 12.1 Å². The zero-order valence-corrected chi connectivity index (χ0v) is 12.8. The third kappa shape index (κ3) is 3.40. The largest absolute Gasteiger partial charge is 0.496 e. The molecule has 2 heteroatoms. The Bertz CT molecular complexity index is 575. The fraction of sp³-hybridized carbons (Fsp3) is 0.333. The Labute approximate surface area is 122 Å². The molecule has 2 aromatic carbocycles. The topological polar surface area (TPSA) is 12.5 Å². The average Bonchev–Trinajstić information content (AvgIpc) is 2.46. The molecule has 2 rings (SSSR count). The first-order valence-electron chi connectivity index (χ1n) is 6.99. The van der Waals surface area contributed by atoms with Crippen LogP contribution in [0.3, 0.4) is 0 Å². The third-order valence-electron chi connectivity index (χ3n) is 3.55. The van der Waals surface area contributed by atoms with Crippen LogP contribution in [0.1, 0.15) is 11.1 Å². The molecule has 0 atom stereocenters. The van der Waals surface area contributed by atoms with E-state index in [1.54, 1.807) is 7.11 Å². The van der Waals surface area contributed by atoms with E-state index < -0.39 is 0 Å². The summed E-state index contributed by atoms with van der Waals surface area (Å²) in [5, 5.41) is 0. The summed E-state index contributed by atoms with van der Waals surface area (Å²) in [6.45, 7) is 3.21. The Balaban J connectivity index is 2.37. The highest BCUT2D eigenvalue weighted by Crippen LogP contribution is 2.32. The monoisotopic (exact) mass is 269 g/mol. The minimum absolute atomic E-state index is 0.931. The molecule has 0 spiro atoms. The Morgan fingerprint density at radius 2 is 1.75 bits per heavy atom. The summed E-state index contributed by atoms with van der Waals surface area (Å²) in [5.41, 5.74) is 5.08. The van der Waals surface area contributed by atoms with Crippen LogP contribution in [0.25, 0.3) is 11.1 Å². The number of benzene rings is 2. The summed E-state index contributed by atoms with van der Waals surface area (Å²) >= 11 is 0. The number of likely N-dealkylation sites (N-methyl/N-ethyl adjacent to an activating group) is 1. The van der Waals surface area contributed by atoms with Crippen LogP contribution < -0.4 is 4.74 Å². The first-order chi connectivity index (χ1) is 9.61. The zero-order valence-electron chi connectivity index (χ0n) is 12.8. The Morgan fingerprint density at radius 3 is 2.45 bits per heavy atom. The predicted molar refractivity (Wildman–Crippen MR) is 85.4 cm³/mol. The molecule has 0 N–H and O–H groups in total. The lowest BCUT2D eigenvalue weighted by molar-refractivity contribution is 0.413. The van der Waals surface area contributed by atoms with Crippen molar-refractivity contribution in [2.24, 2.45) is 0 Å². The van der Waals surface area contributed by atoms with E-state index in [1.807, 2.05) is 12.1 Å². The van der Waals surface area contributed by atoms with Crippen LogP contribution in [0, 0.1) is 6.92 Å². The number of para-hydroxylation sites is 1. The fourth-order valence-corrected chi connectivity index (χ4v) is 2.33. The molecule has 0 unspecified atom stereocenters. The van der Waals surface area contributed by atoms with Gasteiger partial charge in [0.2, 0.25) is 0 Å². The normalized spacial score (nSPS) is 10.8. The molecule has 106 valence electrons. The number of aryl methyl sites for hydroxylation is 1. The molecule has 0 fully saturated rings. The van der Waals surface area contributed by atoms with E-state index in [0.717, 1.165) is 18.7 Å². The van der Waals surface area contributed by atoms with Gasteiger partial charge in [-0.1, -0.05) is 36.4 Å². The molecule has 20 heavy (non-hydrogen) atoms. The summed E-state index contributed by atoms with van der Waals surface area (Å²) in [7, 11) is 5.94. The molecule has 0 radical (unpaired) electrons. The second-order valence-corrected chi connectivity index (χ2v) is 5.40. The van der Waals surface area contributed by atoms with Gasteiger partial charge in [0.25, 0.3) is 0 Å². The minimum atomic E-state index is 0.931. The van der Waals surface area contributed by atoms with Crippen molar-refractivity contribution in [1.82, 2.24) is 4.90 Å². The lowest BCUT2D eigenvalue weighted by atomic mass is 9.96. The van der Waals surface area contributed by atoms with E-state index in [4.69, 9.17) is 4.74 Å². The lowest BCUT2D eigenvalue weighted by Crippen LogP contribution is -2.15. The Hall–Kier alpha value is -1.80. The van der Waals surface area contributed by atoms with Crippen LogP contribution in [0.15, 0.2) is 42.5 Å². The lowest BCUT2D eigenvalue weighted by Gasteiger charge is -2.14. The van der Waals surface area contributed by atoms with Crippen LogP contribution in [-0.4, -0.2) is 32.6 Å². The maximum Gasteiger partial charge on any atom is 0.126 e. The average molecular weight is 269 g/mol. The van der Waals surface area contributed by atoms with Crippen molar-refractivity contribution < 1.29 is 4.74 Å². The van der Waals surface area contributed by atoms with E-state index in [1.165, 1.54) is 22.3 Å². The minimum Gasteiger partial charge on any atom is -0.496 e. The number of nitrogens with zero attached hydrogens (tertiary/aromatic N) is 1. The van der Waals surface area contributed by atoms with Gasteiger partial charge in [-0.05, 0) is 50.2 Å².